The number of carbonyl (C=O) groups excluding carboxylic acids is 1. The van der Waals surface area contributed by atoms with Gasteiger partial charge in [0.1, 0.15) is 0 Å². The van der Waals surface area contributed by atoms with Crippen LogP contribution in [0.4, 0.5) is 26.3 Å². The van der Waals surface area contributed by atoms with Gasteiger partial charge in [-0.2, -0.15) is 38.1 Å². The molecule has 34 heavy (non-hydrogen) atoms. The molecule has 1 saturated heterocycles. The van der Waals surface area contributed by atoms with E-state index >= 15 is 0 Å². The molecule has 11 heteroatoms. The van der Waals surface area contributed by atoms with Crippen LogP contribution in [0.15, 0.2) is 45.9 Å². The third-order valence-corrected chi connectivity index (χ3v) is 7.91. The number of benzene rings is 2. The largest absolute Gasteiger partial charge is 0.416 e. The number of hydrogen-bond donors (Lipinski definition) is 1. The fraction of sp³-hybridized carbons (Fsp3) is 0.391. The van der Waals surface area contributed by atoms with Crippen LogP contribution in [0.1, 0.15) is 46.0 Å². The monoisotopic (exact) mass is 564 g/mol. The molecule has 182 valence electrons. The highest BCUT2D eigenvalue weighted by molar-refractivity contribution is 9.10. The molecule has 0 aliphatic carbocycles. The van der Waals surface area contributed by atoms with Gasteiger partial charge < -0.3 is 5.32 Å². The molecule has 0 spiro atoms. The second-order valence-electron chi connectivity index (χ2n) is 8.70. The molecule has 1 fully saturated rings. The van der Waals surface area contributed by atoms with Crippen molar-refractivity contribution in [2.45, 2.75) is 37.2 Å². The van der Waals surface area contributed by atoms with Gasteiger partial charge in [0.2, 0.25) is 0 Å². The fourth-order valence-corrected chi connectivity index (χ4v) is 5.10. The minimum atomic E-state index is -4.91. The molecule has 2 aromatic carbocycles. The third-order valence-electron chi connectivity index (χ3n) is 5.98. The topological polar surface area (TPSA) is 41.5 Å². The predicted octanol–water partition coefficient (Wildman–Crippen LogP) is 6.48. The zero-order chi connectivity index (χ0) is 24.9. The fourth-order valence-electron chi connectivity index (χ4n) is 3.90. The van der Waals surface area contributed by atoms with Crippen LogP contribution in [-0.4, -0.2) is 35.7 Å². The number of hydrogen-bond acceptors (Lipinski definition) is 3. The molecule has 0 radical (unpaired) electrons. The van der Waals surface area contributed by atoms with Gasteiger partial charge in [-0.25, -0.2) is 0 Å². The van der Waals surface area contributed by atoms with Crippen LogP contribution >= 0.6 is 27.7 Å². The lowest BCUT2D eigenvalue weighted by Crippen LogP contribution is -2.43. The van der Waals surface area contributed by atoms with Crippen LogP contribution in [0, 0.1) is 0 Å². The zero-order valence-electron chi connectivity index (χ0n) is 17.8. The van der Waals surface area contributed by atoms with Gasteiger partial charge in [0.15, 0.2) is 0 Å². The van der Waals surface area contributed by atoms with E-state index in [0.717, 1.165) is 23.6 Å². The average molecular weight is 565 g/mol. The molecular weight excluding hydrogens is 546 g/mol. The van der Waals surface area contributed by atoms with E-state index in [2.05, 4.69) is 26.2 Å². The van der Waals surface area contributed by atoms with Gasteiger partial charge in [0.25, 0.3) is 5.91 Å². The van der Waals surface area contributed by atoms with Gasteiger partial charge in [-0.15, -0.1) is 0 Å². The van der Waals surface area contributed by atoms with E-state index in [1.165, 1.54) is 0 Å². The van der Waals surface area contributed by atoms with Gasteiger partial charge in [0.05, 0.1) is 16.7 Å². The first kappa shape index (κ1) is 25.1. The number of nitrogens with zero attached hydrogens (tertiary/aromatic N) is 1. The Hall–Kier alpha value is -2.01. The van der Waals surface area contributed by atoms with E-state index in [0.29, 0.717) is 21.3 Å². The highest BCUT2D eigenvalue weighted by atomic mass is 79.9. The molecule has 0 bridgehead atoms. The standard InChI is InChI=1S/C23H19BrF6N2OS/c1-21(13-5-14(22(25,26)27)7-15(6-13)23(28,29)30)8-19(31-11-21)12-2-3-17(18(24)4-12)20(33)32-16-9-34-10-16/h2-7,16H,8-11H2,1H3,(H,32,33). The summed E-state index contributed by atoms with van der Waals surface area (Å²) in [5.74, 6) is 1.51. The normalized spacial score (nSPS) is 21.2. The number of alkyl halides is 6. The van der Waals surface area contributed by atoms with Gasteiger partial charge in [-0.1, -0.05) is 13.0 Å². The Labute approximate surface area is 204 Å². The van der Waals surface area contributed by atoms with Crippen LogP contribution in [0.2, 0.25) is 0 Å². The maximum atomic E-state index is 13.3. The molecule has 1 amide bonds. The van der Waals surface area contributed by atoms with Crippen molar-refractivity contribution in [3.05, 3.63) is 68.7 Å². The van der Waals surface area contributed by atoms with Crippen molar-refractivity contribution in [2.24, 2.45) is 4.99 Å². The van der Waals surface area contributed by atoms with Crippen molar-refractivity contribution in [1.82, 2.24) is 5.32 Å². The van der Waals surface area contributed by atoms with Crippen LogP contribution in [0.25, 0.3) is 0 Å². The molecule has 2 aliphatic heterocycles. The molecule has 2 aliphatic rings. The second kappa shape index (κ2) is 8.89. The summed E-state index contributed by atoms with van der Waals surface area (Å²) < 4.78 is 80.4. The van der Waals surface area contributed by atoms with Crippen molar-refractivity contribution >= 4 is 39.3 Å². The first-order chi connectivity index (χ1) is 15.8. The quantitative estimate of drug-likeness (QED) is 0.432. The number of carbonyl (C=O) groups is 1. The summed E-state index contributed by atoms with van der Waals surface area (Å²) in [6.07, 6.45) is -9.66. The molecule has 3 nitrogen and oxygen atoms in total. The Morgan fingerprint density at radius 3 is 2.18 bits per heavy atom. The molecule has 0 aromatic heterocycles. The smallest absolute Gasteiger partial charge is 0.348 e. The van der Waals surface area contributed by atoms with E-state index in [-0.39, 0.29) is 36.5 Å². The minimum absolute atomic E-state index is 0.0418. The molecule has 1 N–H and O–H groups in total. The third kappa shape index (κ3) is 5.15. The first-order valence-corrected chi connectivity index (χ1v) is 12.2. The maximum absolute atomic E-state index is 13.3. The highest BCUT2D eigenvalue weighted by Gasteiger charge is 2.41. The zero-order valence-corrected chi connectivity index (χ0v) is 20.2. The van der Waals surface area contributed by atoms with E-state index in [4.69, 9.17) is 0 Å². The number of nitrogens with one attached hydrogen (secondary N) is 1. The Morgan fingerprint density at radius 1 is 1.06 bits per heavy atom. The SMILES string of the molecule is CC1(c2cc(C(F)(F)F)cc(C(F)(F)F)c2)CN=C(c2ccc(C(=O)NC3CSC3)c(Br)c2)C1. The first-order valence-electron chi connectivity index (χ1n) is 10.3. The van der Waals surface area contributed by atoms with Crippen molar-refractivity contribution in [2.75, 3.05) is 18.1 Å². The van der Waals surface area contributed by atoms with E-state index < -0.39 is 28.9 Å². The van der Waals surface area contributed by atoms with Gasteiger partial charge in [-0.3, -0.25) is 9.79 Å². The van der Waals surface area contributed by atoms with Gasteiger partial charge in [-0.05, 0) is 57.4 Å². The predicted molar refractivity (Wildman–Crippen MR) is 123 cm³/mol. The molecule has 2 aromatic rings. The lowest BCUT2D eigenvalue weighted by atomic mass is 9.78. The van der Waals surface area contributed by atoms with E-state index in [1.807, 2.05) is 0 Å². The van der Waals surface area contributed by atoms with Gasteiger partial charge >= 0.3 is 12.4 Å². The summed E-state index contributed by atoms with van der Waals surface area (Å²) in [6.45, 7) is 1.65. The highest BCUT2D eigenvalue weighted by Crippen LogP contribution is 2.42. The summed E-state index contributed by atoms with van der Waals surface area (Å²) >= 11 is 5.13. The lowest BCUT2D eigenvalue weighted by molar-refractivity contribution is -0.143. The Morgan fingerprint density at radius 2 is 1.68 bits per heavy atom. The van der Waals surface area contributed by atoms with Gasteiger partial charge in [0, 0.05) is 46.1 Å². The Kier molecular flexibility index (Phi) is 6.56. The number of rotatable bonds is 4. The summed E-state index contributed by atoms with van der Waals surface area (Å²) in [6, 6.07) is 6.83. The second-order valence-corrected chi connectivity index (χ2v) is 10.6. The molecule has 2 heterocycles. The summed E-state index contributed by atoms with van der Waals surface area (Å²) in [5, 5.41) is 2.93. The Bertz CT molecular complexity index is 1130. The van der Waals surface area contributed by atoms with Crippen LogP contribution in [0.5, 0.6) is 0 Å². The van der Waals surface area contributed by atoms with Crippen molar-refractivity contribution in [1.29, 1.82) is 0 Å². The van der Waals surface area contributed by atoms with E-state index in [9.17, 15) is 31.1 Å². The maximum Gasteiger partial charge on any atom is 0.416 e. The molecule has 4 rings (SSSR count). The summed E-state index contributed by atoms with van der Waals surface area (Å²) in [4.78, 5) is 16.9. The summed E-state index contributed by atoms with van der Waals surface area (Å²) in [7, 11) is 0. The summed E-state index contributed by atoms with van der Waals surface area (Å²) in [5.41, 5.74) is -2.14. The molecule has 1 unspecified atom stereocenters. The number of halogens is 7. The van der Waals surface area contributed by atoms with Crippen molar-refractivity contribution < 1.29 is 31.1 Å². The number of aliphatic imine (C=N–C) groups is 1. The Balaban J connectivity index is 1.58. The number of amides is 1. The van der Waals surface area contributed by atoms with Crippen molar-refractivity contribution in [3.63, 3.8) is 0 Å². The van der Waals surface area contributed by atoms with Crippen molar-refractivity contribution in [3.8, 4) is 0 Å². The van der Waals surface area contributed by atoms with Crippen LogP contribution in [-0.2, 0) is 17.8 Å². The van der Waals surface area contributed by atoms with Crippen LogP contribution < -0.4 is 5.32 Å². The van der Waals surface area contributed by atoms with Crippen LogP contribution in [0.3, 0.4) is 0 Å². The molecule has 1 atom stereocenters. The minimum Gasteiger partial charge on any atom is -0.348 e. The molecular formula is C23H19BrF6N2OS. The molecule has 0 saturated carbocycles. The number of thioether (sulfide) groups is 1. The lowest BCUT2D eigenvalue weighted by Gasteiger charge is -2.26. The average Bonchev–Trinajstić information content (AvgIpc) is 3.12. The van der Waals surface area contributed by atoms with E-state index in [1.54, 1.807) is 36.9 Å².